The van der Waals surface area contributed by atoms with Crippen molar-refractivity contribution in [2.75, 3.05) is 0 Å². The molecule has 1 aromatic rings. The van der Waals surface area contributed by atoms with E-state index in [4.69, 9.17) is 5.11 Å². The number of carboxylic acid groups (broad SMARTS) is 1. The number of fused-ring (bicyclic) bond motifs is 1. The first kappa shape index (κ1) is 12.1. The second kappa shape index (κ2) is 4.04. The fraction of sp³-hybridized carbons (Fsp3) is 0.385. The maximum Gasteiger partial charge on any atom is 0.335 e. The number of aliphatic hydroxyl groups is 1. The number of aliphatic hydroxyl groups excluding tert-OH is 1. The van der Waals surface area contributed by atoms with Crippen molar-refractivity contribution in [3.8, 4) is 0 Å². The Hall–Kier alpha value is -1.92. The maximum absolute atomic E-state index is 11.9. The number of aromatic carboxylic acids is 1. The molecule has 0 radical (unpaired) electrons. The SMILES string of the molecule is O=C(O)c1ccc2c(c1)CCC1(C2)NC(O)NC1=O. The number of aryl methyl sites for hydroxylation is 1. The zero-order valence-corrected chi connectivity index (χ0v) is 10.1. The highest BCUT2D eigenvalue weighted by Gasteiger charge is 2.47. The van der Waals surface area contributed by atoms with Gasteiger partial charge in [0.2, 0.25) is 5.91 Å². The fourth-order valence-electron chi connectivity index (χ4n) is 2.87. The van der Waals surface area contributed by atoms with Crippen molar-refractivity contribution in [1.29, 1.82) is 0 Å². The molecule has 1 aliphatic heterocycles. The summed E-state index contributed by atoms with van der Waals surface area (Å²) >= 11 is 0. The van der Waals surface area contributed by atoms with Crippen LogP contribution in [0.5, 0.6) is 0 Å². The highest BCUT2D eigenvalue weighted by atomic mass is 16.4. The van der Waals surface area contributed by atoms with Crippen LogP contribution in [-0.2, 0) is 17.6 Å². The van der Waals surface area contributed by atoms with Crippen molar-refractivity contribution in [3.05, 3.63) is 34.9 Å². The van der Waals surface area contributed by atoms with Gasteiger partial charge in [0, 0.05) is 6.42 Å². The standard InChI is InChI=1S/C13H14N2O4/c16-10(17)8-1-2-9-6-13(4-3-7(9)5-8)11(18)14-12(19)15-13/h1-2,5,12,15,19H,3-4,6H2,(H,14,18)(H,16,17). The average molecular weight is 262 g/mol. The van der Waals surface area contributed by atoms with Crippen LogP contribution in [0.3, 0.4) is 0 Å². The van der Waals surface area contributed by atoms with Gasteiger partial charge in [0.05, 0.1) is 5.56 Å². The molecule has 1 aliphatic carbocycles. The molecule has 2 aliphatic rings. The number of benzene rings is 1. The lowest BCUT2D eigenvalue weighted by molar-refractivity contribution is -0.124. The van der Waals surface area contributed by atoms with Crippen LogP contribution in [0, 0.1) is 0 Å². The monoisotopic (exact) mass is 262 g/mol. The first-order valence-electron chi connectivity index (χ1n) is 6.12. The molecular weight excluding hydrogens is 248 g/mol. The molecule has 2 unspecified atom stereocenters. The van der Waals surface area contributed by atoms with Crippen LogP contribution >= 0.6 is 0 Å². The van der Waals surface area contributed by atoms with Gasteiger partial charge in [-0.1, -0.05) is 6.07 Å². The largest absolute Gasteiger partial charge is 0.478 e. The zero-order chi connectivity index (χ0) is 13.6. The van der Waals surface area contributed by atoms with Gasteiger partial charge < -0.3 is 15.5 Å². The lowest BCUT2D eigenvalue weighted by atomic mass is 9.77. The first-order chi connectivity index (χ1) is 9.00. The first-order valence-corrected chi connectivity index (χ1v) is 6.12. The third-order valence-electron chi connectivity index (χ3n) is 3.88. The van der Waals surface area contributed by atoms with Gasteiger partial charge >= 0.3 is 5.97 Å². The van der Waals surface area contributed by atoms with E-state index in [0.29, 0.717) is 19.3 Å². The average Bonchev–Trinajstić information content (AvgIpc) is 2.63. The predicted octanol–water partition coefficient (Wildman–Crippen LogP) is -0.392. The highest BCUT2D eigenvalue weighted by Crippen LogP contribution is 2.31. The van der Waals surface area contributed by atoms with Gasteiger partial charge in [-0.3, -0.25) is 10.1 Å². The summed E-state index contributed by atoms with van der Waals surface area (Å²) in [5.41, 5.74) is 1.41. The van der Waals surface area contributed by atoms with Gasteiger partial charge in [-0.15, -0.1) is 0 Å². The van der Waals surface area contributed by atoms with Crippen molar-refractivity contribution in [2.24, 2.45) is 0 Å². The number of rotatable bonds is 1. The molecule has 1 spiro atoms. The van der Waals surface area contributed by atoms with Crippen LogP contribution in [0.4, 0.5) is 0 Å². The predicted molar refractivity (Wildman–Crippen MR) is 65.4 cm³/mol. The van der Waals surface area contributed by atoms with Crippen LogP contribution in [0.1, 0.15) is 27.9 Å². The lowest BCUT2D eigenvalue weighted by Crippen LogP contribution is -2.51. The second-order valence-electron chi connectivity index (χ2n) is 5.07. The van der Waals surface area contributed by atoms with Crippen molar-refractivity contribution in [3.63, 3.8) is 0 Å². The number of carboxylic acids is 1. The summed E-state index contributed by atoms with van der Waals surface area (Å²) in [6.07, 6.45) is 0.619. The Balaban J connectivity index is 1.93. The fourth-order valence-corrected chi connectivity index (χ4v) is 2.87. The Morgan fingerprint density at radius 2 is 2.16 bits per heavy atom. The molecule has 6 heteroatoms. The van der Waals surface area contributed by atoms with Gasteiger partial charge in [-0.2, -0.15) is 0 Å². The van der Waals surface area contributed by atoms with Crippen LogP contribution < -0.4 is 10.6 Å². The smallest absolute Gasteiger partial charge is 0.335 e. The van der Waals surface area contributed by atoms with Gasteiger partial charge in [0.25, 0.3) is 0 Å². The molecule has 0 saturated carbocycles. The van der Waals surface area contributed by atoms with Gasteiger partial charge in [0.1, 0.15) is 5.54 Å². The minimum absolute atomic E-state index is 0.201. The highest BCUT2D eigenvalue weighted by molar-refractivity contribution is 5.90. The van der Waals surface area contributed by atoms with Crippen molar-refractivity contribution in [2.45, 2.75) is 31.2 Å². The third-order valence-corrected chi connectivity index (χ3v) is 3.88. The number of carbonyl (C=O) groups excluding carboxylic acids is 1. The van der Waals surface area contributed by atoms with Gasteiger partial charge in [-0.05, 0) is 36.1 Å². The number of nitrogens with one attached hydrogen (secondary N) is 2. The molecule has 4 N–H and O–H groups in total. The Morgan fingerprint density at radius 1 is 1.37 bits per heavy atom. The minimum Gasteiger partial charge on any atom is -0.478 e. The molecule has 1 fully saturated rings. The van der Waals surface area contributed by atoms with E-state index in [1.165, 1.54) is 0 Å². The van der Waals surface area contributed by atoms with Crippen LogP contribution in [0.25, 0.3) is 0 Å². The molecular formula is C13H14N2O4. The summed E-state index contributed by atoms with van der Waals surface area (Å²) < 4.78 is 0. The molecule has 0 bridgehead atoms. The van der Waals surface area contributed by atoms with E-state index in [0.717, 1.165) is 11.1 Å². The van der Waals surface area contributed by atoms with E-state index in [9.17, 15) is 14.7 Å². The van der Waals surface area contributed by atoms with Crippen LogP contribution in [0.2, 0.25) is 0 Å². The Morgan fingerprint density at radius 3 is 2.79 bits per heavy atom. The number of hydrogen-bond acceptors (Lipinski definition) is 4. The van der Waals surface area contributed by atoms with E-state index in [-0.39, 0.29) is 11.5 Å². The van der Waals surface area contributed by atoms with Crippen LogP contribution in [-0.4, -0.2) is 34.0 Å². The topological polar surface area (TPSA) is 98.7 Å². The zero-order valence-electron chi connectivity index (χ0n) is 10.1. The normalized spacial score (nSPS) is 29.1. The van der Waals surface area contributed by atoms with Crippen molar-refractivity contribution >= 4 is 11.9 Å². The Labute approximate surface area is 109 Å². The van der Waals surface area contributed by atoms with E-state index in [1.54, 1.807) is 18.2 Å². The summed E-state index contributed by atoms with van der Waals surface area (Å²) in [4.78, 5) is 22.8. The van der Waals surface area contributed by atoms with E-state index in [2.05, 4.69) is 10.6 Å². The molecule has 100 valence electrons. The lowest BCUT2D eigenvalue weighted by Gasteiger charge is -2.32. The molecule has 6 nitrogen and oxygen atoms in total. The van der Waals surface area contributed by atoms with Crippen LogP contribution in [0.15, 0.2) is 18.2 Å². The van der Waals surface area contributed by atoms with Gasteiger partial charge in [0.15, 0.2) is 6.35 Å². The summed E-state index contributed by atoms with van der Waals surface area (Å²) in [6.45, 7) is 0. The van der Waals surface area contributed by atoms with E-state index >= 15 is 0 Å². The van der Waals surface area contributed by atoms with Crippen molar-refractivity contribution < 1.29 is 19.8 Å². The molecule has 19 heavy (non-hydrogen) atoms. The van der Waals surface area contributed by atoms with E-state index < -0.39 is 17.9 Å². The molecule has 1 aromatic carbocycles. The number of amides is 1. The minimum atomic E-state index is -1.01. The Bertz CT molecular complexity index is 572. The second-order valence-corrected chi connectivity index (χ2v) is 5.07. The quantitative estimate of drug-likeness (QED) is 0.552. The summed E-state index contributed by atoms with van der Waals surface area (Å²) in [7, 11) is 0. The molecule has 3 rings (SSSR count). The molecule has 1 saturated heterocycles. The summed E-state index contributed by atoms with van der Waals surface area (Å²) in [5.74, 6) is -1.15. The maximum atomic E-state index is 11.9. The number of carbonyl (C=O) groups is 2. The van der Waals surface area contributed by atoms with Crippen molar-refractivity contribution in [1.82, 2.24) is 10.6 Å². The van der Waals surface area contributed by atoms with E-state index in [1.807, 2.05) is 0 Å². The van der Waals surface area contributed by atoms with Gasteiger partial charge in [-0.25, -0.2) is 4.79 Å². The molecule has 0 aromatic heterocycles. The number of hydrogen-bond donors (Lipinski definition) is 4. The molecule has 1 heterocycles. The molecule has 2 atom stereocenters. The third kappa shape index (κ3) is 1.89. The molecule has 1 amide bonds. The summed E-state index contributed by atoms with van der Waals surface area (Å²) in [5, 5.41) is 23.7. The Kier molecular flexibility index (Phi) is 2.58. The summed E-state index contributed by atoms with van der Waals surface area (Å²) in [6, 6.07) is 4.96.